The molecule has 1 fully saturated rings. The molecule has 2 rings (SSSR count). The Bertz CT molecular complexity index is 548. The van der Waals surface area contributed by atoms with Crippen molar-refractivity contribution in [2.45, 2.75) is 19.4 Å². The number of carbonyl (C=O) groups excluding carboxylic acids is 1. The van der Waals surface area contributed by atoms with Gasteiger partial charge in [-0.1, -0.05) is 6.07 Å². The predicted molar refractivity (Wildman–Crippen MR) is 81.0 cm³/mol. The van der Waals surface area contributed by atoms with Crippen molar-refractivity contribution in [1.82, 2.24) is 5.32 Å². The van der Waals surface area contributed by atoms with Crippen molar-refractivity contribution < 1.29 is 14.7 Å². The molecule has 1 saturated heterocycles. The summed E-state index contributed by atoms with van der Waals surface area (Å²) in [4.78, 5) is 22.7. The van der Waals surface area contributed by atoms with Gasteiger partial charge in [0, 0.05) is 23.4 Å². The third-order valence-corrected chi connectivity index (χ3v) is 4.21. The SMILES string of the molecule is Cc1cc(/C=C/C(=O)O)cc(C(=O)NC2CCSC2)c1. The van der Waals surface area contributed by atoms with E-state index in [1.54, 1.807) is 6.07 Å². The molecule has 1 amide bonds. The molecule has 0 saturated carbocycles. The van der Waals surface area contributed by atoms with E-state index < -0.39 is 5.97 Å². The van der Waals surface area contributed by atoms with Gasteiger partial charge in [0.05, 0.1) is 0 Å². The van der Waals surface area contributed by atoms with Crippen LogP contribution >= 0.6 is 11.8 Å². The fourth-order valence-corrected chi connectivity index (χ4v) is 3.28. The zero-order valence-corrected chi connectivity index (χ0v) is 12.1. The van der Waals surface area contributed by atoms with Crippen molar-refractivity contribution in [3.63, 3.8) is 0 Å². The van der Waals surface area contributed by atoms with Crippen molar-refractivity contribution in [2.75, 3.05) is 11.5 Å². The van der Waals surface area contributed by atoms with Crippen LogP contribution in [0.15, 0.2) is 24.3 Å². The number of rotatable bonds is 4. The van der Waals surface area contributed by atoms with Gasteiger partial charge in [0.15, 0.2) is 0 Å². The van der Waals surface area contributed by atoms with Crippen LogP contribution in [0.4, 0.5) is 0 Å². The first-order valence-corrected chi connectivity index (χ1v) is 7.61. The molecule has 1 aromatic carbocycles. The molecule has 0 spiro atoms. The van der Waals surface area contributed by atoms with Crippen LogP contribution in [0.3, 0.4) is 0 Å². The molecule has 106 valence electrons. The molecule has 1 aromatic rings. The number of carbonyl (C=O) groups is 2. The lowest BCUT2D eigenvalue weighted by molar-refractivity contribution is -0.131. The Morgan fingerprint density at radius 1 is 1.40 bits per heavy atom. The Hall–Kier alpha value is -1.75. The molecule has 1 aliphatic rings. The number of nitrogens with one attached hydrogen (secondary N) is 1. The fourth-order valence-electron chi connectivity index (χ4n) is 2.12. The maximum absolute atomic E-state index is 12.2. The lowest BCUT2D eigenvalue weighted by atomic mass is 10.0. The van der Waals surface area contributed by atoms with Crippen molar-refractivity contribution in [3.8, 4) is 0 Å². The summed E-state index contributed by atoms with van der Waals surface area (Å²) in [7, 11) is 0. The van der Waals surface area contributed by atoms with Gasteiger partial charge in [-0.25, -0.2) is 4.79 Å². The first-order valence-electron chi connectivity index (χ1n) is 6.46. The van der Waals surface area contributed by atoms with Gasteiger partial charge >= 0.3 is 5.97 Å². The summed E-state index contributed by atoms with van der Waals surface area (Å²) in [5, 5.41) is 11.7. The van der Waals surface area contributed by atoms with Gasteiger partial charge in [0.1, 0.15) is 0 Å². The Morgan fingerprint density at radius 3 is 2.85 bits per heavy atom. The summed E-state index contributed by atoms with van der Waals surface area (Å²) >= 11 is 1.85. The summed E-state index contributed by atoms with van der Waals surface area (Å²) in [6.07, 6.45) is 3.58. The number of thioether (sulfide) groups is 1. The van der Waals surface area contributed by atoms with Gasteiger partial charge < -0.3 is 10.4 Å². The van der Waals surface area contributed by atoms with Crippen molar-refractivity contribution in [2.24, 2.45) is 0 Å². The molecule has 4 nitrogen and oxygen atoms in total. The number of carboxylic acid groups (broad SMARTS) is 1. The third-order valence-electron chi connectivity index (χ3n) is 3.05. The standard InChI is InChI=1S/C15H17NO3S/c1-10-6-11(2-3-14(17)18)8-12(7-10)15(19)16-13-4-5-20-9-13/h2-3,6-8,13H,4-5,9H2,1H3,(H,16,19)(H,17,18)/b3-2+. The summed E-state index contributed by atoms with van der Waals surface area (Å²) in [5.74, 6) is 0.959. The molecule has 2 N–H and O–H groups in total. The number of hydrogen-bond donors (Lipinski definition) is 2. The van der Waals surface area contributed by atoms with E-state index in [2.05, 4.69) is 5.32 Å². The molecule has 0 radical (unpaired) electrons. The van der Waals surface area contributed by atoms with E-state index >= 15 is 0 Å². The molecular formula is C15H17NO3S. The minimum atomic E-state index is -1.000. The van der Waals surface area contributed by atoms with Crippen LogP contribution in [-0.4, -0.2) is 34.5 Å². The van der Waals surface area contributed by atoms with E-state index in [9.17, 15) is 9.59 Å². The smallest absolute Gasteiger partial charge is 0.328 e. The number of amides is 1. The van der Waals surface area contributed by atoms with Gasteiger partial charge in [-0.15, -0.1) is 0 Å². The van der Waals surface area contributed by atoms with Crippen LogP contribution in [0.25, 0.3) is 6.08 Å². The number of aryl methyl sites for hydroxylation is 1. The molecule has 1 atom stereocenters. The molecule has 5 heteroatoms. The third kappa shape index (κ3) is 4.13. The maximum Gasteiger partial charge on any atom is 0.328 e. The van der Waals surface area contributed by atoms with Crippen LogP contribution in [0.1, 0.15) is 27.9 Å². The topological polar surface area (TPSA) is 66.4 Å². The molecule has 1 aliphatic heterocycles. The van der Waals surface area contributed by atoms with Crippen molar-refractivity contribution >= 4 is 29.7 Å². The van der Waals surface area contributed by atoms with E-state index in [0.29, 0.717) is 5.56 Å². The van der Waals surface area contributed by atoms with E-state index in [4.69, 9.17) is 5.11 Å². The summed E-state index contributed by atoms with van der Waals surface area (Å²) in [5.41, 5.74) is 2.23. The number of hydrogen-bond acceptors (Lipinski definition) is 3. The molecule has 1 unspecified atom stereocenters. The van der Waals surface area contributed by atoms with Crippen molar-refractivity contribution in [3.05, 3.63) is 41.0 Å². The number of benzene rings is 1. The highest BCUT2D eigenvalue weighted by atomic mass is 32.2. The monoisotopic (exact) mass is 291 g/mol. The zero-order valence-electron chi connectivity index (χ0n) is 11.3. The van der Waals surface area contributed by atoms with Gasteiger partial charge in [-0.05, 0) is 48.4 Å². The molecule has 0 aromatic heterocycles. The predicted octanol–water partition coefficient (Wildman–Crippen LogP) is 2.33. The van der Waals surface area contributed by atoms with E-state index in [1.807, 2.05) is 30.8 Å². The summed E-state index contributed by atoms with van der Waals surface area (Å²) < 4.78 is 0. The second-order valence-electron chi connectivity index (χ2n) is 4.84. The van der Waals surface area contributed by atoms with Crippen LogP contribution in [0, 0.1) is 6.92 Å². The quantitative estimate of drug-likeness (QED) is 0.836. The number of carboxylic acids is 1. The first-order chi connectivity index (χ1) is 9.54. The highest BCUT2D eigenvalue weighted by molar-refractivity contribution is 7.99. The van der Waals surface area contributed by atoms with Crippen molar-refractivity contribution in [1.29, 1.82) is 0 Å². The van der Waals surface area contributed by atoms with Crippen LogP contribution in [-0.2, 0) is 4.79 Å². The first kappa shape index (κ1) is 14.7. The highest BCUT2D eigenvalue weighted by Crippen LogP contribution is 2.18. The summed E-state index contributed by atoms with van der Waals surface area (Å²) in [6.45, 7) is 1.89. The van der Waals surface area contributed by atoms with Crippen LogP contribution in [0.2, 0.25) is 0 Å². The van der Waals surface area contributed by atoms with E-state index in [-0.39, 0.29) is 11.9 Å². The second kappa shape index (κ2) is 6.61. The van der Waals surface area contributed by atoms with Gasteiger partial charge in [0.25, 0.3) is 5.91 Å². The lowest BCUT2D eigenvalue weighted by Gasteiger charge is -2.12. The normalized spacial score (nSPS) is 18.4. The average molecular weight is 291 g/mol. The molecule has 20 heavy (non-hydrogen) atoms. The number of aliphatic carboxylic acids is 1. The van der Waals surface area contributed by atoms with Gasteiger partial charge in [-0.3, -0.25) is 4.79 Å². The van der Waals surface area contributed by atoms with E-state index in [0.717, 1.165) is 35.1 Å². The summed E-state index contributed by atoms with van der Waals surface area (Å²) in [6, 6.07) is 5.62. The Balaban J connectivity index is 2.13. The Kier molecular flexibility index (Phi) is 4.84. The van der Waals surface area contributed by atoms with Crippen LogP contribution in [0.5, 0.6) is 0 Å². The largest absolute Gasteiger partial charge is 0.478 e. The molecule has 0 bridgehead atoms. The average Bonchev–Trinajstić information content (AvgIpc) is 2.88. The molecular weight excluding hydrogens is 274 g/mol. The fraction of sp³-hybridized carbons (Fsp3) is 0.333. The maximum atomic E-state index is 12.2. The second-order valence-corrected chi connectivity index (χ2v) is 5.99. The lowest BCUT2D eigenvalue weighted by Crippen LogP contribution is -2.34. The molecule has 1 heterocycles. The Morgan fingerprint density at radius 2 is 2.20 bits per heavy atom. The van der Waals surface area contributed by atoms with Crippen LogP contribution < -0.4 is 5.32 Å². The highest BCUT2D eigenvalue weighted by Gasteiger charge is 2.18. The van der Waals surface area contributed by atoms with E-state index in [1.165, 1.54) is 6.08 Å². The zero-order chi connectivity index (χ0) is 14.5. The minimum Gasteiger partial charge on any atom is -0.478 e. The Labute approximate surface area is 122 Å². The minimum absolute atomic E-state index is 0.0915. The van der Waals surface area contributed by atoms with Gasteiger partial charge in [0.2, 0.25) is 0 Å². The van der Waals surface area contributed by atoms with Gasteiger partial charge in [-0.2, -0.15) is 11.8 Å². The molecule has 0 aliphatic carbocycles.